The van der Waals surface area contributed by atoms with Gasteiger partial charge in [-0.2, -0.15) is 13.2 Å². The van der Waals surface area contributed by atoms with Crippen LogP contribution in [0.4, 0.5) is 30.2 Å². The monoisotopic (exact) mass is 1030 g/mol. The normalized spacial score (nSPS) is 16.7. The Morgan fingerprint density at radius 1 is 0.905 bits per heavy atom. The Morgan fingerprint density at radius 3 is 2.43 bits per heavy atom. The lowest BCUT2D eigenvalue weighted by atomic mass is 9.95. The molecule has 0 atom stereocenters. The van der Waals surface area contributed by atoms with Crippen LogP contribution in [0.2, 0.25) is 0 Å². The number of benzene rings is 4. The van der Waals surface area contributed by atoms with Crippen molar-refractivity contribution < 1.29 is 27.2 Å². The van der Waals surface area contributed by atoms with Crippen molar-refractivity contribution in [3.63, 3.8) is 0 Å². The van der Waals surface area contributed by atoms with E-state index in [1.165, 1.54) is 4.57 Å². The van der Waals surface area contributed by atoms with Crippen LogP contribution in [-0.4, -0.2) is 136 Å². The van der Waals surface area contributed by atoms with Crippen LogP contribution in [0, 0.1) is 31.6 Å². The number of carbonyl (C=O) groups is 1. The molecule has 4 aromatic carbocycles. The number of imidazole rings is 1. The number of fused-ring (bicyclic) bond motifs is 2. The number of carbonyl (C=O) groups excluding carboxylic acids is 1. The lowest BCUT2D eigenvalue weighted by molar-refractivity contribution is -0.140. The number of likely N-dealkylation sites (tertiary alicyclic amines) is 2. The fourth-order valence-corrected chi connectivity index (χ4v) is 11.7. The van der Waals surface area contributed by atoms with Crippen molar-refractivity contribution in [2.45, 2.75) is 69.7 Å². The minimum absolute atomic E-state index is 0.0681. The zero-order valence-electron chi connectivity index (χ0n) is 42.5. The van der Waals surface area contributed by atoms with Crippen molar-refractivity contribution >= 4 is 56.9 Å². The maximum Gasteiger partial charge on any atom is 0.406 e. The highest BCUT2D eigenvalue weighted by Crippen LogP contribution is 2.36. The number of piperidine rings is 2. The Balaban J connectivity index is 0.686. The summed E-state index contributed by atoms with van der Waals surface area (Å²) in [7, 11) is 3.73. The quantitative estimate of drug-likeness (QED) is 0.0544. The van der Waals surface area contributed by atoms with Crippen molar-refractivity contribution in [2.75, 3.05) is 96.0 Å². The number of rotatable bonds is 14. The van der Waals surface area contributed by atoms with E-state index in [9.17, 15) is 18.0 Å². The Kier molecular flexibility index (Phi) is 15.2. The molecule has 18 heteroatoms. The molecule has 3 aliphatic rings. The molecule has 0 radical (unpaired) electrons. The summed E-state index contributed by atoms with van der Waals surface area (Å²) in [6.07, 6.45) is 1.30. The van der Waals surface area contributed by atoms with Gasteiger partial charge in [0, 0.05) is 85.5 Å². The van der Waals surface area contributed by atoms with Crippen LogP contribution in [0.3, 0.4) is 0 Å². The molecule has 7 aromatic rings. The predicted molar refractivity (Wildman–Crippen MR) is 288 cm³/mol. The second-order valence-corrected chi connectivity index (χ2v) is 21.1. The van der Waals surface area contributed by atoms with E-state index in [2.05, 4.69) is 70.5 Å². The molecule has 0 bridgehead atoms. The first-order valence-electron chi connectivity index (χ1n) is 25.5. The number of methoxy groups -OCH3 is 1. The largest absolute Gasteiger partial charge is 0.495 e. The third-order valence-electron chi connectivity index (χ3n) is 14.7. The molecule has 3 aliphatic heterocycles. The van der Waals surface area contributed by atoms with Crippen molar-refractivity contribution in [1.29, 1.82) is 0 Å². The standard InChI is InChI=1S/C56H64F3N11O3S/c1-37-53(38(2)73-64-37)42-29-47(60)54-51(30-42)68(36-62-54)34-40-8-5-9-41(28-40)55(71)67-22-15-39(16-23-67)33-66-24-26-69(27-25-66)74-45-13-14-49(52(32-45)72-4)61-19-7-10-44-31-46-48(63-43-17-20-65(3)21-18-43)11-6-12-50(46)70(44)35-56(57,58)59/h5-6,8-9,11-14,28-32,36,39,43,61,63H,15-27,33-35,60H2,1-4H3. The number of anilines is 3. The van der Waals surface area contributed by atoms with Gasteiger partial charge in [0.05, 0.1) is 53.8 Å². The molecule has 0 unspecified atom stereocenters. The third-order valence-corrected chi connectivity index (χ3v) is 15.8. The number of nitrogens with zero attached hydrogens (tertiary/aromatic N) is 8. The number of ether oxygens (including phenoxy) is 1. The highest BCUT2D eigenvalue weighted by molar-refractivity contribution is 7.97. The number of hydrogen-bond donors (Lipinski definition) is 3. The fourth-order valence-electron chi connectivity index (χ4n) is 10.8. The van der Waals surface area contributed by atoms with Gasteiger partial charge < -0.3 is 49.5 Å². The summed E-state index contributed by atoms with van der Waals surface area (Å²) in [5, 5.41) is 11.8. The molecule has 3 fully saturated rings. The van der Waals surface area contributed by atoms with Gasteiger partial charge in [-0.15, -0.1) is 0 Å². The number of nitrogens with two attached hydrogens (primary N) is 1. The lowest BCUT2D eigenvalue weighted by Crippen LogP contribution is -2.47. The van der Waals surface area contributed by atoms with Crippen molar-refractivity contribution in [2.24, 2.45) is 5.92 Å². The summed E-state index contributed by atoms with van der Waals surface area (Å²) in [5.41, 5.74) is 15.5. The molecule has 74 heavy (non-hydrogen) atoms. The molecule has 0 spiro atoms. The van der Waals surface area contributed by atoms with E-state index < -0.39 is 12.7 Å². The first-order valence-corrected chi connectivity index (χ1v) is 26.3. The topological polar surface area (TPSA) is 138 Å². The van der Waals surface area contributed by atoms with Crippen LogP contribution < -0.4 is 21.1 Å². The number of aromatic nitrogens is 4. The number of nitrogen functional groups attached to an aromatic ring is 1. The first-order chi connectivity index (χ1) is 35.7. The zero-order chi connectivity index (χ0) is 51.5. The maximum absolute atomic E-state index is 13.9. The van der Waals surface area contributed by atoms with E-state index in [-0.39, 0.29) is 18.5 Å². The molecule has 388 valence electrons. The highest BCUT2D eigenvalue weighted by atomic mass is 32.2. The average molecular weight is 1030 g/mol. The summed E-state index contributed by atoms with van der Waals surface area (Å²) in [5.74, 6) is 8.10. The number of alkyl halides is 3. The van der Waals surface area contributed by atoms with Gasteiger partial charge in [0.25, 0.3) is 5.91 Å². The van der Waals surface area contributed by atoms with E-state index in [4.69, 9.17) is 15.0 Å². The van der Waals surface area contributed by atoms with Gasteiger partial charge in [0.2, 0.25) is 0 Å². The number of piperazine rings is 1. The minimum atomic E-state index is -4.40. The first kappa shape index (κ1) is 50.9. The molecule has 3 saturated heterocycles. The molecule has 1 amide bonds. The van der Waals surface area contributed by atoms with Crippen LogP contribution in [0.15, 0.2) is 94.6 Å². The Hall–Kier alpha value is -6.65. The molecule has 6 heterocycles. The van der Waals surface area contributed by atoms with Crippen LogP contribution in [0.1, 0.15) is 58.8 Å². The third kappa shape index (κ3) is 11.7. The van der Waals surface area contributed by atoms with Gasteiger partial charge in [-0.05, 0) is 155 Å². The van der Waals surface area contributed by atoms with Crippen molar-refractivity contribution in [3.8, 4) is 28.7 Å². The summed E-state index contributed by atoms with van der Waals surface area (Å²) in [6.45, 7) is 11.7. The summed E-state index contributed by atoms with van der Waals surface area (Å²) in [4.78, 5) is 26.4. The fraction of sp³-hybridized carbons (Fsp3) is 0.411. The number of nitrogens with one attached hydrogen (secondary N) is 2. The van der Waals surface area contributed by atoms with Gasteiger partial charge in [0.15, 0.2) is 0 Å². The van der Waals surface area contributed by atoms with E-state index in [1.807, 2.05) is 73.3 Å². The second kappa shape index (κ2) is 22.1. The summed E-state index contributed by atoms with van der Waals surface area (Å²) in [6, 6.07) is 25.4. The van der Waals surface area contributed by atoms with Crippen LogP contribution in [0.25, 0.3) is 33.1 Å². The summed E-state index contributed by atoms with van der Waals surface area (Å²) >= 11 is 1.71. The SMILES string of the molecule is COc1cc(SN2CCN(CC3CCN(C(=O)c4cccc(Cn5cnc6c(N)cc(-c7c(C)noc7C)cc65)c4)CC3)CC2)ccc1NCC#Cc1cc2c(NC3CCN(C)CC3)cccc2n1CC(F)(F)F. The molecular formula is C56H64F3N11O3S. The summed E-state index contributed by atoms with van der Waals surface area (Å²) < 4.78 is 58.5. The maximum atomic E-state index is 13.9. The lowest BCUT2D eigenvalue weighted by Gasteiger charge is -2.38. The zero-order valence-corrected chi connectivity index (χ0v) is 43.3. The molecule has 14 nitrogen and oxygen atoms in total. The molecule has 0 saturated carbocycles. The second-order valence-electron chi connectivity index (χ2n) is 20.0. The number of aryl methyl sites for hydroxylation is 2. The van der Waals surface area contributed by atoms with E-state index in [0.29, 0.717) is 40.7 Å². The Labute approximate surface area is 434 Å². The minimum Gasteiger partial charge on any atom is -0.495 e. The smallest absolute Gasteiger partial charge is 0.406 e. The average Bonchev–Trinajstić information content (AvgIpc) is 4.07. The van der Waals surface area contributed by atoms with E-state index in [0.717, 1.165) is 145 Å². The van der Waals surface area contributed by atoms with Crippen molar-refractivity contribution in [3.05, 3.63) is 113 Å². The molecule has 4 N–H and O–H groups in total. The van der Waals surface area contributed by atoms with Gasteiger partial charge in [-0.1, -0.05) is 29.3 Å². The van der Waals surface area contributed by atoms with Gasteiger partial charge in [-0.25, -0.2) is 9.29 Å². The van der Waals surface area contributed by atoms with Crippen molar-refractivity contribution in [1.82, 2.24) is 38.3 Å². The molecule has 10 rings (SSSR count). The van der Waals surface area contributed by atoms with E-state index >= 15 is 0 Å². The van der Waals surface area contributed by atoms with Crippen LogP contribution >= 0.6 is 11.9 Å². The highest BCUT2D eigenvalue weighted by Gasteiger charge is 2.31. The van der Waals surface area contributed by atoms with Gasteiger partial charge in [0.1, 0.15) is 23.6 Å². The molecule has 3 aromatic heterocycles. The van der Waals surface area contributed by atoms with Crippen LogP contribution in [0.5, 0.6) is 5.75 Å². The van der Waals surface area contributed by atoms with Crippen LogP contribution in [-0.2, 0) is 13.1 Å². The molecular weight excluding hydrogens is 964 g/mol. The van der Waals surface area contributed by atoms with Gasteiger partial charge in [-0.3, -0.25) is 4.79 Å². The molecule has 0 aliphatic carbocycles. The van der Waals surface area contributed by atoms with E-state index in [1.54, 1.807) is 37.5 Å². The number of hydrogen-bond acceptors (Lipinski definition) is 12. The number of halogens is 3. The Bertz CT molecular complexity index is 3170. The number of amides is 1. The predicted octanol–water partition coefficient (Wildman–Crippen LogP) is 9.61. The van der Waals surface area contributed by atoms with Gasteiger partial charge >= 0.3 is 6.18 Å². The Morgan fingerprint density at radius 2 is 1.69 bits per heavy atom.